The Morgan fingerprint density at radius 3 is 2.44 bits per heavy atom. The molecule has 1 amide bonds. The summed E-state index contributed by atoms with van der Waals surface area (Å²) in [4.78, 5) is 12.0. The molecule has 0 bridgehead atoms. The van der Waals surface area contributed by atoms with E-state index in [0.717, 1.165) is 57.2 Å². The highest BCUT2D eigenvalue weighted by Crippen LogP contribution is 2.48. The lowest BCUT2D eigenvalue weighted by Gasteiger charge is -2.45. The van der Waals surface area contributed by atoms with Gasteiger partial charge in [-0.15, -0.1) is 0 Å². The van der Waals surface area contributed by atoms with Crippen molar-refractivity contribution in [3.05, 3.63) is 36.0 Å². The van der Waals surface area contributed by atoms with Gasteiger partial charge in [-0.05, 0) is 77.8 Å². The van der Waals surface area contributed by atoms with Crippen LogP contribution in [0.1, 0.15) is 80.1 Å². The number of carbonyl (C=O) groups excluding carboxylic acids is 1. The van der Waals surface area contributed by atoms with Crippen LogP contribution in [0, 0.1) is 5.92 Å². The van der Waals surface area contributed by atoms with Gasteiger partial charge >= 0.3 is 0 Å². The van der Waals surface area contributed by atoms with E-state index in [0.29, 0.717) is 5.92 Å². The van der Waals surface area contributed by atoms with Crippen LogP contribution in [0.4, 0.5) is 0 Å². The molecule has 2 heterocycles. The Balaban J connectivity index is 1.52. The molecule has 1 aliphatic carbocycles. The van der Waals surface area contributed by atoms with E-state index < -0.39 is 15.1 Å². The van der Waals surface area contributed by atoms with Gasteiger partial charge in [0.05, 0.1) is 18.3 Å². The van der Waals surface area contributed by atoms with E-state index in [-0.39, 0.29) is 35.4 Å². The summed E-state index contributed by atoms with van der Waals surface area (Å²) >= 11 is 0. The maximum Gasteiger partial charge on any atom is 0.243 e. The van der Waals surface area contributed by atoms with Crippen LogP contribution in [0.2, 0.25) is 12.1 Å². The van der Waals surface area contributed by atoms with Gasteiger partial charge in [0.25, 0.3) is 0 Å². The van der Waals surface area contributed by atoms with Gasteiger partial charge < -0.3 is 24.3 Å². The number of rotatable bonds is 11. The standard InChI is InChI=1S/C29H49NO5Si/c1-7-36(8-2)35-27-25(34-28(5,6)19-29(27)20-33-29)17-10-21(3)9-12-23-13-15-24(16-14-23)30-26(32)18-11-22(4)31/h9-11,17-18,22-25,27,31,36H,7-8,12-16,19-20H2,1-6H3,(H,30,32)/b17-10+,18-11-,21-9+/t22-,23?,24?,25+,27+,29+/m0/s1. The normalized spacial score (nSPS) is 33.5. The third-order valence-electron chi connectivity index (χ3n) is 7.80. The second kappa shape index (κ2) is 13.0. The minimum atomic E-state index is -1.24. The Morgan fingerprint density at radius 2 is 1.86 bits per heavy atom. The first-order valence-corrected chi connectivity index (χ1v) is 16.1. The molecule has 2 saturated heterocycles. The van der Waals surface area contributed by atoms with Crippen molar-refractivity contribution in [2.45, 2.75) is 128 Å². The van der Waals surface area contributed by atoms with Crippen molar-refractivity contribution in [1.82, 2.24) is 5.32 Å². The molecule has 36 heavy (non-hydrogen) atoms. The molecule has 4 atom stereocenters. The fraction of sp³-hybridized carbons (Fsp3) is 0.759. The van der Waals surface area contributed by atoms with Crippen molar-refractivity contribution in [2.75, 3.05) is 6.61 Å². The molecule has 3 rings (SSSR count). The highest BCUT2D eigenvalue weighted by Gasteiger charge is 2.61. The van der Waals surface area contributed by atoms with Crippen LogP contribution in [-0.2, 0) is 18.7 Å². The molecule has 2 aliphatic heterocycles. The van der Waals surface area contributed by atoms with Crippen LogP contribution in [0.25, 0.3) is 0 Å². The van der Waals surface area contributed by atoms with Crippen molar-refractivity contribution in [3.8, 4) is 0 Å². The summed E-state index contributed by atoms with van der Waals surface area (Å²) in [6.45, 7) is 13.4. The highest BCUT2D eigenvalue weighted by molar-refractivity contribution is 6.51. The number of amides is 1. The topological polar surface area (TPSA) is 80.3 Å². The number of hydrogen-bond donors (Lipinski definition) is 2. The summed E-state index contributed by atoms with van der Waals surface area (Å²) in [6, 6.07) is 2.50. The van der Waals surface area contributed by atoms with Crippen LogP contribution in [0.5, 0.6) is 0 Å². The highest BCUT2D eigenvalue weighted by atomic mass is 28.3. The maximum absolute atomic E-state index is 12.0. The van der Waals surface area contributed by atoms with Gasteiger partial charge in [0.15, 0.2) is 9.04 Å². The first-order chi connectivity index (χ1) is 17.1. The fourth-order valence-electron chi connectivity index (χ4n) is 5.67. The fourth-order valence-corrected chi connectivity index (χ4v) is 7.45. The average molecular weight is 520 g/mol. The van der Waals surface area contributed by atoms with Gasteiger partial charge in [0.2, 0.25) is 5.91 Å². The molecule has 3 aliphatic rings. The number of hydrogen-bond acceptors (Lipinski definition) is 5. The molecule has 1 saturated carbocycles. The van der Waals surface area contributed by atoms with Crippen molar-refractivity contribution in [3.63, 3.8) is 0 Å². The second-order valence-electron chi connectivity index (χ2n) is 11.7. The van der Waals surface area contributed by atoms with E-state index in [1.807, 2.05) is 0 Å². The SMILES string of the molecule is CC[SiH](CC)O[C@@H]1[C@@H](/C=C/C(C)=C/CC2CCC(NC(=O)/C=C\[C@H](C)O)CC2)OC(C)(C)C[C@@]12CO2. The van der Waals surface area contributed by atoms with Gasteiger partial charge in [0, 0.05) is 18.5 Å². The third kappa shape index (κ3) is 8.66. The Kier molecular flexibility index (Phi) is 10.6. The minimum Gasteiger partial charge on any atom is -0.411 e. The van der Waals surface area contributed by atoms with Gasteiger partial charge in [-0.3, -0.25) is 4.79 Å². The van der Waals surface area contributed by atoms with E-state index in [1.54, 1.807) is 6.92 Å². The van der Waals surface area contributed by atoms with Crippen LogP contribution >= 0.6 is 0 Å². The van der Waals surface area contributed by atoms with E-state index in [9.17, 15) is 9.90 Å². The van der Waals surface area contributed by atoms with Crippen LogP contribution in [0.15, 0.2) is 36.0 Å². The van der Waals surface area contributed by atoms with Crippen LogP contribution in [-0.4, -0.2) is 62.2 Å². The van der Waals surface area contributed by atoms with Crippen molar-refractivity contribution in [1.29, 1.82) is 0 Å². The van der Waals surface area contributed by atoms with E-state index in [2.05, 4.69) is 58.2 Å². The molecule has 6 nitrogen and oxygen atoms in total. The molecule has 0 aromatic rings. The molecule has 7 heteroatoms. The second-order valence-corrected chi connectivity index (χ2v) is 14.9. The molecule has 204 valence electrons. The van der Waals surface area contributed by atoms with Gasteiger partial charge in [-0.25, -0.2) is 0 Å². The first kappa shape index (κ1) is 29.3. The Hall–Kier alpha value is -1.25. The molecular weight excluding hydrogens is 470 g/mol. The lowest BCUT2D eigenvalue weighted by atomic mass is 9.83. The zero-order valence-corrected chi connectivity index (χ0v) is 24.4. The minimum absolute atomic E-state index is 0.00735. The number of ether oxygens (including phenoxy) is 2. The molecule has 0 unspecified atom stereocenters. The first-order valence-electron chi connectivity index (χ1n) is 14.0. The van der Waals surface area contributed by atoms with Gasteiger partial charge in [-0.2, -0.15) is 0 Å². The molecule has 0 aromatic carbocycles. The van der Waals surface area contributed by atoms with E-state index in [4.69, 9.17) is 13.9 Å². The monoisotopic (exact) mass is 519 g/mol. The van der Waals surface area contributed by atoms with Crippen LogP contribution in [0.3, 0.4) is 0 Å². The number of allylic oxidation sites excluding steroid dienone is 3. The van der Waals surface area contributed by atoms with Crippen molar-refractivity contribution in [2.24, 2.45) is 5.92 Å². The summed E-state index contributed by atoms with van der Waals surface area (Å²) < 4.78 is 19.2. The number of nitrogens with one attached hydrogen (secondary N) is 1. The predicted octanol–water partition coefficient (Wildman–Crippen LogP) is 4.98. The van der Waals surface area contributed by atoms with E-state index in [1.165, 1.54) is 17.7 Å². The average Bonchev–Trinajstić information content (AvgIpc) is 3.59. The van der Waals surface area contributed by atoms with Gasteiger partial charge in [-0.1, -0.05) is 43.7 Å². The summed E-state index contributed by atoms with van der Waals surface area (Å²) in [5.41, 5.74) is 0.855. The summed E-state index contributed by atoms with van der Waals surface area (Å²) in [5, 5.41) is 12.3. The molecule has 3 fully saturated rings. The molecular formula is C29H49NO5Si. The van der Waals surface area contributed by atoms with Crippen molar-refractivity contribution < 1.29 is 23.8 Å². The number of epoxide rings is 1. The van der Waals surface area contributed by atoms with E-state index >= 15 is 0 Å². The molecule has 2 N–H and O–H groups in total. The quantitative estimate of drug-likeness (QED) is 0.174. The van der Waals surface area contributed by atoms with Crippen LogP contribution < -0.4 is 5.32 Å². The summed E-state index contributed by atoms with van der Waals surface area (Å²) in [6.07, 6.45) is 15.2. The lowest BCUT2D eigenvalue weighted by Crippen LogP contribution is -2.56. The molecule has 0 aromatic heterocycles. The maximum atomic E-state index is 12.0. The zero-order valence-electron chi connectivity index (χ0n) is 23.3. The Bertz CT molecular complexity index is 804. The third-order valence-corrected chi connectivity index (χ3v) is 10.3. The summed E-state index contributed by atoms with van der Waals surface area (Å²) in [5.74, 6) is 0.542. The number of carbonyl (C=O) groups is 1. The number of aliphatic hydroxyl groups excluding tert-OH is 1. The summed E-state index contributed by atoms with van der Waals surface area (Å²) in [7, 11) is -1.24. The Labute approximate surface area is 220 Å². The Morgan fingerprint density at radius 1 is 1.19 bits per heavy atom. The largest absolute Gasteiger partial charge is 0.411 e. The predicted molar refractivity (Wildman–Crippen MR) is 147 cm³/mol. The van der Waals surface area contributed by atoms with Gasteiger partial charge in [0.1, 0.15) is 17.8 Å². The zero-order chi connectivity index (χ0) is 26.3. The molecule has 1 spiro atoms. The number of aliphatic hydroxyl groups is 1. The van der Waals surface area contributed by atoms with Crippen molar-refractivity contribution >= 4 is 14.9 Å². The molecule has 0 radical (unpaired) electrons. The lowest BCUT2D eigenvalue weighted by molar-refractivity contribution is -0.164. The smallest absolute Gasteiger partial charge is 0.243 e.